The molecule has 0 amide bonds. The first kappa shape index (κ1) is 13.0. The summed E-state index contributed by atoms with van der Waals surface area (Å²) in [5.41, 5.74) is 1.37. The highest BCUT2D eigenvalue weighted by molar-refractivity contribution is 14.1. The SMILES string of the molecule is CCCC(O)CCCc1ccc(I)cc1. The van der Waals surface area contributed by atoms with Gasteiger partial charge in [-0.05, 0) is 66.0 Å². The molecule has 15 heavy (non-hydrogen) atoms. The van der Waals surface area contributed by atoms with Crippen LogP contribution in [0, 0.1) is 3.57 Å². The number of halogens is 1. The number of aryl methyl sites for hydroxylation is 1. The van der Waals surface area contributed by atoms with Crippen LogP contribution in [-0.4, -0.2) is 11.2 Å². The Morgan fingerprint density at radius 3 is 2.47 bits per heavy atom. The van der Waals surface area contributed by atoms with Crippen LogP contribution >= 0.6 is 22.6 Å². The minimum absolute atomic E-state index is 0.0983. The molecule has 0 aliphatic rings. The lowest BCUT2D eigenvalue weighted by atomic mass is 10.0. The van der Waals surface area contributed by atoms with Gasteiger partial charge in [-0.3, -0.25) is 0 Å². The predicted molar refractivity (Wildman–Crippen MR) is 73.0 cm³/mol. The summed E-state index contributed by atoms with van der Waals surface area (Å²) >= 11 is 2.32. The highest BCUT2D eigenvalue weighted by atomic mass is 127. The van der Waals surface area contributed by atoms with Crippen molar-refractivity contribution in [2.45, 2.75) is 45.1 Å². The van der Waals surface area contributed by atoms with Crippen molar-refractivity contribution in [1.82, 2.24) is 0 Å². The standard InChI is InChI=1S/C13H19IO/c1-2-4-13(15)6-3-5-11-7-9-12(14)10-8-11/h7-10,13,15H,2-6H2,1H3. The third kappa shape index (κ3) is 5.52. The van der Waals surface area contributed by atoms with Crippen molar-refractivity contribution in [3.05, 3.63) is 33.4 Å². The molecule has 0 aromatic heterocycles. The van der Waals surface area contributed by atoms with E-state index in [0.29, 0.717) is 0 Å². The highest BCUT2D eigenvalue weighted by Crippen LogP contribution is 2.11. The molecule has 0 bridgehead atoms. The molecule has 84 valence electrons. The van der Waals surface area contributed by atoms with Crippen molar-refractivity contribution in [2.24, 2.45) is 0 Å². The van der Waals surface area contributed by atoms with Gasteiger partial charge in [0.15, 0.2) is 0 Å². The second-order valence-electron chi connectivity index (χ2n) is 3.96. The van der Waals surface area contributed by atoms with Crippen LogP contribution in [-0.2, 0) is 6.42 Å². The lowest BCUT2D eigenvalue weighted by Crippen LogP contribution is -2.05. The Kier molecular flexibility index (Phi) is 6.25. The fourth-order valence-corrected chi connectivity index (χ4v) is 2.03. The molecule has 0 aliphatic heterocycles. The van der Waals surface area contributed by atoms with Crippen LogP contribution in [0.3, 0.4) is 0 Å². The average Bonchev–Trinajstić information content (AvgIpc) is 2.21. The largest absolute Gasteiger partial charge is 0.393 e. The van der Waals surface area contributed by atoms with Gasteiger partial charge in [-0.15, -0.1) is 0 Å². The quantitative estimate of drug-likeness (QED) is 0.792. The minimum atomic E-state index is -0.0983. The molecule has 1 rings (SSSR count). The van der Waals surface area contributed by atoms with Gasteiger partial charge in [0.1, 0.15) is 0 Å². The van der Waals surface area contributed by atoms with E-state index in [4.69, 9.17) is 0 Å². The van der Waals surface area contributed by atoms with Crippen LogP contribution in [0.15, 0.2) is 24.3 Å². The van der Waals surface area contributed by atoms with Crippen LogP contribution in [0.4, 0.5) is 0 Å². The van der Waals surface area contributed by atoms with E-state index in [1.54, 1.807) is 0 Å². The molecule has 0 saturated heterocycles. The fraction of sp³-hybridized carbons (Fsp3) is 0.538. The topological polar surface area (TPSA) is 20.2 Å². The summed E-state index contributed by atoms with van der Waals surface area (Å²) in [7, 11) is 0. The van der Waals surface area contributed by atoms with E-state index in [-0.39, 0.29) is 6.10 Å². The molecule has 0 aliphatic carbocycles. The zero-order valence-electron chi connectivity index (χ0n) is 9.25. The Balaban J connectivity index is 2.22. The summed E-state index contributed by atoms with van der Waals surface area (Å²) in [6.45, 7) is 2.11. The summed E-state index contributed by atoms with van der Waals surface area (Å²) in [5.74, 6) is 0. The lowest BCUT2D eigenvalue weighted by Gasteiger charge is -2.08. The first-order valence-electron chi connectivity index (χ1n) is 5.65. The number of hydrogen-bond acceptors (Lipinski definition) is 1. The summed E-state index contributed by atoms with van der Waals surface area (Å²) in [5, 5.41) is 9.57. The third-order valence-corrected chi connectivity index (χ3v) is 3.26. The van der Waals surface area contributed by atoms with Crippen molar-refractivity contribution in [2.75, 3.05) is 0 Å². The van der Waals surface area contributed by atoms with E-state index in [1.807, 2.05) is 0 Å². The molecular weight excluding hydrogens is 299 g/mol. The van der Waals surface area contributed by atoms with E-state index in [9.17, 15) is 5.11 Å². The van der Waals surface area contributed by atoms with Gasteiger partial charge in [0.05, 0.1) is 6.10 Å². The van der Waals surface area contributed by atoms with Gasteiger partial charge in [-0.2, -0.15) is 0 Å². The summed E-state index contributed by atoms with van der Waals surface area (Å²) in [6.07, 6.45) is 5.01. The van der Waals surface area contributed by atoms with Gasteiger partial charge in [-0.1, -0.05) is 25.5 Å². The smallest absolute Gasteiger partial charge is 0.0540 e. The van der Waals surface area contributed by atoms with Crippen molar-refractivity contribution in [3.63, 3.8) is 0 Å². The Hall–Kier alpha value is -0.0900. The molecule has 1 unspecified atom stereocenters. The summed E-state index contributed by atoms with van der Waals surface area (Å²) in [6, 6.07) is 8.62. The zero-order chi connectivity index (χ0) is 11.1. The number of aliphatic hydroxyl groups is 1. The Morgan fingerprint density at radius 1 is 1.20 bits per heavy atom. The Bertz CT molecular complexity index is 268. The van der Waals surface area contributed by atoms with E-state index in [0.717, 1.165) is 32.1 Å². The fourth-order valence-electron chi connectivity index (χ4n) is 1.67. The first-order valence-corrected chi connectivity index (χ1v) is 6.72. The van der Waals surface area contributed by atoms with Crippen LogP contribution in [0.1, 0.15) is 38.2 Å². The van der Waals surface area contributed by atoms with Crippen LogP contribution in [0.2, 0.25) is 0 Å². The molecule has 1 atom stereocenters. The zero-order valence-corrected chi connectivity index (χ0v) is 11.4. The van der Waals surface area contributed by atoms with Gasteiger partial charge in [0.2, 0.25) is 0 Å². The lowest BCUT2D eigenvalue weighted by molar-refractivity contribution is 0.151. The molecule has 1 aromatic carbocycles. The average molecular weight is 318 g/mol. The van der Waals surface area contributed by atoms with Gasteiger partial charge in [0.25, 0.3) is 0 Å². The molecule has 0 fully saturated rings. The van der Waals surface area contributed by atoms with Crippen LogP contribution in [0.5, 0.6) is 0 Å². The normalized spacial score (nSPS) is 12.7. The van der Waals surface area contributed by atoms with E-state index in [2.05, 4.69) is 53.8 Å². The Labute approximate surface area is 106 Å². The molecule has 0 heterocycles. The van der Waals surface area contributed by atoms with Gasteiger partial charge >= 0.3 is 0 Å². The predicted octanol–water partition coefficient (Wildman–Crippen LogP) is 3.77. The molecule has 1 N–H and O–H groups in total. The second kappa shape index (κ2) is 7.23. The van der Waals surface area contributed by atoms with E-state index >= 15 is 0 Å². The maximum atomic E-state index is 9.57. The van der Waals surface area contributed by atoms with Crippen molar-refractivity contribution < 1.29 is 5.11 Å². The number of aliphatic hydroxyl groups excluding tert-OH is 1. The molecule has 1 nitrogen and oxygen atoms in total. The van der Waals surface area contributed by atoms with Gasteiger partial charge < -0.3 is 5.11 Å². The van der Waals surface area contributed by atoms with Crippen molar-refractivity contribution >= 4 is 22.6 Å². The number of rotatable bonds is 6. The molecule has 2 heteroatoms. The molecule has 0 saturated carbocycles. The molecule has 0 radical (unpaired) electrons. The minimum Gasteiger partial charge on any atom is -0.393 e. The molecule has 0 spiro atoms. The highest BCUT2D eigenvalue weighted by Gasteiger charge is 2.02. The third-order valence-electron chi connectivity index (χ3n) is 2.54. The maximum Gasteiger partial charge on any atom is 0.0540 e. The summed E-state index contributed by atoms with van der Waals surface area (Å²) < 4.78 is 1.28. The maximum absolute atomic E-state index is 9.57. The van der Waals surface area contributed by atoms with E-state index < -0.39 is 0 Å². The van der Waals surface area contributed by atoms with Crippen LogP contribution in [0.25, 0.3) is 0 Å². The molecule has 1 aromatic rings. The second-order valence-corrected chi connectivity index (χ2v) is 5.21. The first-order chi connectivity index (χ1) is 7.22. The van der Waals surface area contributed by atoms with Crippen molar-refractivity contribution in [1.29, 1.82) is 0 Å². The molecular formula is C13H19IO. The van der Waals surface area contributed by atoms with E-state index in [1.165, 1.54) is 9.13 Å². The summed E-state index contributed by atoms with van der Waals surface area (Å²) in [4.78, 5) is 0. The van der Waals surface area contributed by atoms with Crippen molar-refractivity contribution in [3.8, 4) is 0 Å². The monoisotopic (exact) mass is 318 g/mol. The van der Waals surface area contributed by atoms with Gasteiger partial charge in [-0.25, -0.2) is 0 Å². The van der Waals surface area contributed by atoms with Gasteiger partial charge in [0, 0.05) is 3.57 Å². The Morgan fingerprint density at radius 2 is 1.87 bits per heavy atom. The number of benzene rings is 1. The van der Waals surface area contributed by atoms with Crippen LogP contribution < -0.4 is 0 Å². The number of hydrogen-bond donors (Lipinski definition) is 1.